The van der Waals surface area contributed by atoms with Gasteiger partial charge in [0.05, 0.1) is 18.7 Å². The van der Waals surface area contributed by atoms with E-state index in [0.29, 0.717) is 5.69 Å². The monoisotopic (exact) mass is 570 g/mol. The number of hydrogen-bond donors (Lipinski definition) is 7. The summed E-state index contributed by atoms with van der Waals surface area (Å²) >= 11 is 0. The van der Waals surface area contributed by atoms with E-state index in [4.69, 9.17) is 11.5 Å². The van der Waals surface area contributed by atoms with Crippen molar-refractivity contribution in [3.05, 3.63) is 65.7 Å². The van der Waals surface area contributed by atoms with Crippen LogP contribution >= 0.6 is 0 Å². The van der Waals surface area contributed by atoms with E-state index in [-0.39, 0.29) is 31.6 Å². The zero-order chi connectivity index (χ0) is 29.3. The van der Waals surface area contributed by atoms with Gasteiger partial charge in [-0.05, 0) is 24.3 Å². The molecule has 14 nitrogen and oxygen atoms in total. The van der Waals surface area contributed by atoms with Crippen LogP contribution in [-0.2, 0) is 4.79 Å². The van der Waals surface area contributed by atoms with Crippen LogP contribution in [0.1, 0.15) is 10.4 Å². The van der Waals surface area contributed by atoms with Crippen LogP contribution in [0.25, 0.3) is 0 Å². The van der Waals surface area contributed by atoms with Gasteiger partial charge in [-0.2, -0.15) is 0 Å². The van der Waals surface area contributed by atoms with Crippen LogP contribution < -0.4 is 32.3 Å². The Balaban J connectivity index is 1.29. The summed E-state index contributed by atoms with van der Waals surface area (Å²) in [6, 6.07) is 7.44. The van der Waals surface area contributed by atoms with Crippen molar-refractivity contribution in [3.63, 3.8) is 0 Å². The van der Waals surface area contributed by atoms with E-state index in [0.717, 1.165) is 23.1 Å². The highest BCUT2D eigenvalue weighted by Crippen LogP contribution is 2.41. The summed E-state index contributed by atoms with van der Waals surface area (Å²) in [5.74, 6) is -7.38. The second-order valence-electron chi connectivity index (χ2n) is 10.2. The molecule has 4 atom stereocenters. The first-order chi connectivity index (χ1) is 19.5. The van der Waals surface area contributed by atoms with Crippen molar-refractivity contribution in [1.29, 1.82) is 0 Å². The number of benzene rings is 2. The van der Waals surface area contributed by atoms with Gasteiger partial charge < -0.3 is 26.6 Å². The van der Waals surface area contributed by atoms with Gasteiger partial charge in [-0.3, -0.25) is 30.4 Å². The van der Waals surface area contributed by atoms with Gasteiger partial charge in [0.1, 0.15) is 24.7 Å². The third-order valence-corrected chi connectivity index (χ3v) is 7.87. The number of nitrogens with two attached hydrogens (primary N) is 2. The summed E-state index contributed by atoms with van der Waals surface area (Å²) in [4.78, 5) is 45.6. The number of para-hydroxylation sites is 1. The molecule has 0 radical (unpaired) electrons. The molecule has 6 rings (SSSR count). The molecular weight excluding hydrogens is 544 g/mol. The van der Waals surface area contributed by atoms with Gasteiger partial charge in [0.25, 0.3) is 11.8 Å². The topological polar surface area (TPSA) is 202 Å². The van der Waals surface area contributed by atoms with Gasteiger partial charge in [-0.25, -0.2) is 23.1 Å². The first kappa shape index (κ1) is 26.4. The number of carbonyl (C=O) groups is 3. The number of carbonyl (C=O) groups excluding carboxylic acids is 3. The maximum atomic E-state index is 14.3. The van der Waals surface area contributed by atoms with E-state index in [1.807, 2.05) is 0 Å². The van der Waals surface area contributed by atoms with Crippen molar-refractivity contribution in [2.24, 2.45) is 16.5 Å². The van der Waals surface area contributed by atoms with E-state index in [1.165, 1.54) is 9.48 Å². The van der Waals surface area contributed by atoms with Gasteiger partial charge in [0.15, 0.2) is 17.6 Å². The average molecular weight is 571 g/mol. The molecule has 2 aromatic carbocycles. The number of nitrogens with zero attached hydrogens (tertiary/aromatic N) is 4. The minimum atomic E-state index is -2.85. The Morgan fingerprint density at radius 2 is 1.88 bits per heavy atom. The van der Waals surface area contributed by atoms with Gasteiger partial charge in [0, 0.05) is 5.69 Å². The van der Waals surface area contributed by atoms with Crippen LogP contribution in [0.3, 0.4) is 0 Å². The molecule has 4 aliphatic rings. The van der Waals surface area contributed by atoms with Crippen LogP contribution in [0.15, 0.2) is 53.5 Å². The van der Waals surface area contributed by atoms with Gasteiger partial charge in [0.2, 0.25) is 11.4 Å². The lowest BCUT2D eigenvalue weighted by atomic mass is 9.85. The zero-order valence-corrected chi connectivity index (χ0v) is 21.3. The molecular formula is C25H26F2N9O5+. The third kappa shape index (κ3) is 3.78. The van der Waals surface area contributed by atoms with Gasteiger partial charge >= 0.3 is 12.0 Å². The number of anilines is 1. The first-order valence-electron chi connectivity index (χ1n) is 12.6. The Kier molecular flexibility index (Phi) is 5.86. The Hall–Kier alpha value is -4.83. The second-order valence-corrected chi connectivity index (χ2v) is 10.2. The largest absolute Gasteiger partial charge is 0.370 e. The molecule has 0 saturated carbocycles. The second kappa shape index (κ2) is 9.10. The maximum absolute atomic E-state index is 14.3. The summed E-state index contributed by atoms with van der Waals surface area (Å²) in [6.45, 7) is -0.770. The van der Waals surface area contributed by atoms with E-state index >= 15 is 0 Å². The molecule has 0 aliphatic carbocycles. The normalized spacial score (nSPS) is 28.2. The summed E-state index contributed by atoms with van der Waals surface area (Å²) in [6.07, 6.45) is 0. The molecule has 1 unspecified atom stereocenters. The van der Waals surface area contributed by atoms with Crippen molar-refractivity contribution >= 4 is 35.5 Å². The number of nitrogens with one attached hydrogen (secondary N) is 3. The van der Waals surface area contributed by atoms with E-state index in [1.54, 1.807) is 30.3 Å². The molecule has 16 heteroatoms. The number of urea groups is 1. The molecule has 2 aromatic rings. The van der Waals surface area contributed by atoms with E-state index in [2.05, 4.69) is 20.9 Å². The lowest BCUT2D eigenvalue weighted by Gasteiger charge is -2.44. The number of hydrogen-bond acceptors (Lipinski definition) is 10. The van der Waals surface area contributed by atoms with Gasteiger partial charge in [-0.1, -0.05) is 24.3 Å². The van der Waals surface area contributed by atoms with Crippen LogP contribution in [0.5, 0.6) is 0 Å². The number of amides is 4. The fourth-order valence-corrected chi connectivity index (χ4v) is 5.95. The van der Waals surface area contributed by atoms with Crippen molar-refractivity contribution < 1.29 is 38.0 Å². The Morgan fingerprint density at radius 3 is 2.61 bits per heavy atom. The summed E-state index contributed by atoms with van der Waals surface area (Å²) < 4.78 is 29.3. The molecule has 4 heterocycles. The standard InChI is InChI=1S/C25H25F2N9O5/c26-14-8-4-7-13(18(14)27)20(38)31-16-10-36-22(29)30-15(19-24(36,25(16,40)41)33-21(28)32-19)9-35-17(37)11-34(23(35)39)12-5-2-1-3-6-12/h1-8,15-16,19,40-41H,9-11H2,(H6,28,29,30,31,32,33,38)/p+1/t15-,16?,19-,24-/m0/s1. The minimum Gasteiger partial charge on any atom is -0.370 e. The van der Waals surface area contributed by atoms with Crippen molar-refractivity contribution in [1.82, 2.24) is 20.9 Å². The lowest BCUT2D eigenvalue weighted by Crippen LogP contribution is -2.79. The van der Waals surface area contributed by atoms with Crippen LogP contribution in [0.4, 0.5) is 19.3 Å². The lowest BCUT2D eigenvalue weighted by molar-refractivity contribution is -0.623. The quantitative estimate of drug-likeness (QED) is 0.115. The number of rotatable bonds is 5. The maximum Gasteiger partial charge on any atom is 0.346 e. The number of aliphatic hydroxyl groups is 2. The molecule has 4 amide bonds. The predicted molar refractivity (Wildman–Crippen MR) is 138 cm³/mol. The summed E-state index contributed by atoms with van der Waals surface area (Å²) in [5.41, 5.74) is 10.2. The molecule has 1 spiro atoms. The average Bonchev–Trinajstić information content (AvgIpc) is 3.51. The molecule has 4 aliphatic heterocycles. The zero-order valence-electron chi connectivity index (χ0n) is 21.3. The number of halogens is 2. The molecule has 2 saturated heterocycles. The minimum absolute atomic E-state index is 0.0937. The highest BCUT2D eigenvalue weighted by atomic mass is 19.2. The SMILES string of the molecule is NC1=N[C@H]2[C@H](CN3C(=O)CN(c4ccccc4)C3=O)NC(N)=[N+]3CC(NC(=O)c4cccc(F)c4F)C(O)(O)[C@]23N1. The fraction of sp³-hybridized carbons (Fsp3) is 0.320. The molecule has 0 bridgehead atoms. The molecule has 2 fully saturated rings. The van der Waals surface area contributed by atoms with Crippen LogP contribution in [0, 0.1) is 11.6 Å². The summed E-state index contributed by atoms with van der Waals surface area (Å²) in [7, 11) is 0. The van der Waals surface area contributed by atoms with E-state index < -0.39 is 64.6 Å². The highest BCUT2D eigenvalue weighted by Gasteiger charge is 2.75. The smallest absolute Gasteiger partial charge is 0.346 e. The van der Waals surface area contributed by atoms with Crippen molar-refractivity contribution in [3.8, 4) is 0 Å². The number of guanidine groups is 2. The Labute approximate surface area is 230 Å². The Morgan fingerprint density at radius 1 is 1.15 bits per heavy atom. The molecule has 9 N–H and O–H groups in total. The van der Waals surface area contributed by atoms with E-state index in [9.17, 15) is 33.4 Å². The third-order valence-electron chi connectivity index (χ3n) is 7.87. The molecule has 41 heavy (non-hydrogen) atoms. The van der Waals surface area contributed by atoms with Crippen molar-refractivity contribution in [2.75, 3.05) is 24.5 Å². The number of imide groups is 1. The fourth-order valence-electron chi connectivity index (χ4n) is 5.95. The molecule has 214 valence electrons. The first-order valence-corrected chi connectivity index (χ1v) is 12.6. The Bertz CT molecular complexity index is 1530. The molecule has 0 aromatic heterocycles. The highest BCUT2D eigenvalue weighted by molar-refractivity contribution is 6.12. The number of aliphatic imine (C=N–C) groups is 1. The predicted octanol–water partition coefficient (Wildman–Crippen LogP) is -2.49. The van der Waals surface area contributed by atoms with Crippen LogP contribution in [0.2, 0.25) is 0 Å². The van der Waals surface area contributed by atoms with Crippen molar-refractivity contribution in [2.45, 2.75) is 29.6 Å². The van der Waals surface area contributed by atoms with Crippen LogP contribution in [-0.4, -0.2) is 98.7 Å². The van der Waals surface area contributed by atoms with Gasteiger partial charge in [-0.15, -0.1) is 0 Å². The summed E-state index contributed by atoms with van der Waals surface area (Å²) in [5, 5.41) is 31.1.